The minimum absolute atomic E-state index is 0.00527. The number of unbranched alkanes of at least 4 members (excludes halogenated alkanes) is 2. The predicted molar refractivity (Wildman–Crippen MR) is 192 cm³/mol. The maximum absolute atomic E-state index is 13.3. The van der Waals surface area contributed by atoms with Crippen molar-refractivity contribution in [3.8, 4) is 11.5 Å². The van der Waals surface area contributed by atoms with Gasteiger partial charge in [0.15, 0.2) is 12.6 Å². The molecule has 11 nitrogen and oxygen atoms in total. The lowest BCUT2D eigenvalue weighted by molar-refractivity contribution is -0.614. The lowest BCUT2D eigenvalue weighted by Crippen LogP contribution is -2.51. The fourth-order valence-corrected chi connectivity index (χ4v) is 6.20. The normalized spacial score (nSPS) is 17.7. The average Bonchev–Trinajstić information content (AvgIpc) is 3.53. The first kappa shape index (κ1) is 36.6. The maximum atomic E-state index is 13.3. The zero-order chi connectivity index (χ0) is 35.5. The number of aromatic nitrogens is 2. The Labute approximate surface area is 293 Å². The topological polar surface area (TPSA) is 122 Å². The van der Waals surface area contributed by atoms with E-state index in [9.17, 15) is 15.1 Å². The highest BCUT2D eigenvalue weighted by molar-refractivity contribution is 5.58. The smallest absolute Gasteiger partial charge is 0.445 e. The molecule has 50 heavy (non-hydrogen) atoms. The van der Waals surface area contributed by atoms with E-state index in [4.69, 9.17) is 18.9 Å². The fraction of sp³-hybridized carbons (Fsp3) is 0.410. The van der Waals surface area contributed by atoms with E-state index in [1.54, 1.807) is 20.6 Å². The average molecular weight is 685 g/mol. The molecule has 1 aromatic heterocycles. The van der Waals surface area contributed by atoms with Crippen LogP contribution in [0, 0.1) is 5.21 Å². The van der Waals surface area contributed by atoms with Crippen LogP contribution >= 0.6 is 0 Å². The molecule has 11 heteroatoms. The van der Waals surface area contributed by atoms with Gasteiger partial charge in [-0.2, -0.15) is 0 Å². The summed E-state index contributed by atoms with van der Waals surface area (Å²) < 4.78 is 25.5. The van der Waals surface area contributed by atoms with Crippen LogP contribution in [0.1, 0.15) is 68.9 Å². The molecular formula is C39H48N4O7. The zero-order valence-electron chi connectivity index (χ0n) is 29.3. The molecule has 0 radical (unpaired) electrons. The molecular weight excluding hydrogens is 636 g/mol. The Morgan fingerprint density at radius 1 is 0.920 bits per heavy atom. The van der Waals surface area contributed by atoms with E-state index >= 15 is 0 Å². The lowest BCUT2D eigenvalue weighted by atomic mass is 9.80. The summed E-state index contributed by atoms with van der Waals surface area (Å²) in [4.78, 5) is 19.7. The number of aliphatic hydroxyl groups excluding tert-OH is 1. The van der Waals surface area contributed by atoms with E-state index in [-0.39, 0.29) is 23.6 Å². The number of methoxy groups -OCH3 is 2. The van der Waals surface area contributed by atoms with E-state index in [1.807, 2.05) is 78.9 Å². The van der Waals surface area contributed by atoms with Gasteiger partial charge in [0, 0.05) is 25.6 Å². The summed E-state index contributed by atoms with van der Waals surface area (Å²) >= 11 is 0. The van der Waals surface area contributed by atoms with E-state index in [1.165, 1.54) is 16.8 Å². The third-order valence-electron chi connectivity index (χ3n) is 9.09. The Balaban J connectivity index is 1.41. The number of nitrogens with zero attached hydrogens (tertiary/aromatic N) is 4. The van der Waals surface area contributed by atoms with Gasteiger partial charge in [0.1, 0.15) is 23.2 Å². The number of ether oxygens (including phenoxy) is 4. The predicted octanol–water partition coefficient (Wildman–Crippen LogP) is 5.72. The van der Waals surface area contributed by atoms with E-state index in [0.29, 0.717) is 11.5 Å². The van der Waals surface area contributed by atoms with Gasteiger partial charge >= 0.3 is 5.69 Å². The molecule has 266 valence electrons. The summed E-state index contributed by atoms with van der Waals surface area (Å²) in [5.41, 5.74) is 0.588. The summed E-state index contributed by atoms with van der Waals surface area (Å²) in [6.07, 6.45) is 4.71. The van der Waals surface area contributed by atoms with Gasteiger partial charge in [-0.05, 0) is 53.8 Å². The first-order chi connectivity index (χ1) is 24.3. The van der Waals surface area contributed by atoms with Crippen molar-refractivity contribution in [3.05, 3.63) is 124 Å². The van der Waals surface area contributed by atoms with Crippen LogP contribution in [0.25, 0.3) is 0 Å². The number of aliphatic hydroxyl groups is 1. The third kappa shape index (κ3) is 8.18. The third-order valence-corrected chi connectivity index (χ3v) is 9.09. The maximum Gasteiger partial charge on any atom is 0.445 e. The SMILES string of the molecule is CCCCN(C=Nc1ccn([C@H]2C[C@H](O)[C@@H](COC(c3ccccc3)(c3ccc(OC)cc3)c3ccc(OC)cc3)O2)c(=O)[n+]1[O-])CCCC. The van der Waals surface area contributed by atoms with Gasteiger partial charge in [0.25, 0.3) is 5.82 Å². The number of rotatable bonds is 17. The van der Waals surface area contributed by atoms with Gasteiger partial charge in [-0.25, -0.2) is 14.1 Å². The summed E-state index contributed by atoms with van der Waals surface area (Å²) in [7, 11) is 3.23. The quantitative estimate of drug-likeness (QED) is 0.0493. The van der Waals surface area contributed by atoms with Crippen LogP contribution < -0.4 is 19.9 Å². The minimum atomic E-state index is -1.11. The van der Waals surface area contributed by atoms with Gasteiger partial charge in [-0.1, -0.05) is 86.3 Å². The standard InChI is InChI=1S/C39H48N4O7/c1-5-7-23-41(24-8-6-2)28-40-36-22-25-42(38(45)43(36)46)37-26-34(44)35(50-37)27-49-39(29-12-10-9-11-13-29,30-14-18-32(47-3)19-15-30)31-16-20-33(48-4)21-17-31/h9-22,25,28,34-35,37,44H,5-8,23-24,26-27H2,1-4H3/t34-,35+,37+/m0/s1. The molecule has 0 unspecified atom stereocenters. The molecule has 1 fully saturated rings. The van der Waals surface area contributed by atoms with Crippen molar-refractivity contribution in [1.29, 1.82) is 0 Å². The fourth-order valence-electron chi connectivity index (χ4n) is 6.20. The molecule has 4 aromatic rings. The van der Waals surface area contributed by atoms with Crippen LogP contribution in [0.15, 0.2) is 101 Å². The van der Waals surface area contributed by atoms with Crippen molar-refractivity contribution >= 4 is 12.2 Å². The molecule has 3 aromatic carbocycles. The summed E-state index contributed by atoms with van der Waals surface area (Å²) in [6, 6.07) is 26.6. The molecule has 3 atom stereocenters. The molecule has 2 heterocycles. The first-order valence-electron chi connectivity index (χ1n) is 17.3. The van der Waals surface area contributed by atoms with Crippen molar-refractivity contribution < 1.29 is 28.8 Å². The molecule has 1 aliphatic rings. The zero-order valence-corrected chi connectivity index (χ0v) is 29.3. The highest BCUT2D eigenvalue weighted by Gasteiger charge is 2.43. The molecule has 0 spiro atoms. The highest BCUT2D eigenvalue weighted by atomic mass is 16.6. The van der Waals surface area contributed by atoms with Crippen LogP contribution in [0.3, 0.4) is 0 Å². The van der Waals surface area contributed by atoms with Gasteiger partial charge in [0.05, 0.1) is 33.1 Å². The van der Waals surface area contributed by atoms with Crippen LogP contribution in [0.5, 0.6) is 11.5 Å². The second-order valence-corrected chi connectivity index (χ2v) is 12.4. The Bertz CT molecular complexity index is 1670. The van der Waals surface area contributed by atoms with Gasteiger partial charge in [-0.15, -0.1) is 0 Å². The van der Waals surface area contributed by atoms with Crippen LogP contribution in [0.4, 0.5) is 5.82 Å². The lowest BCUT2D eigenvalue weighted by Gasteiger charge is -2.37. The Morgan fingerprint density at radius 3 is 2.02 bits per heavy atom. The molecule has 1 aliphatic heterocycles. The summed E-state index contributed by atoms with van der Waals surface area (Å²) in [6.45, 7) is 5.89. The largest absolute Gasteiger partial charge is 0.737 e. The molecule has 0 aliphatic carbocycles. The monoisotopic (exact) mass is 684 g/mol. The van der Waals surface area contributed by atoms with Crippen molar-refractivity contribution in [2.24, 2.45) is 4.99 Å². The minimum Gasteiger partial charge on any atom is -0.737 e. The van der Waals surface area contributed by atoms with Crippen LogP contribution in [0.2, 0.25) is 0 Å². The molecule has 5 rings (SSSR count). The van der Waals surface area contributed by atoms with Gasteiger partial charge in [-0.3, -0.25) is 0 Å². The summed E-state index contributed by atoms with van der Waals surface area (Å²) in [5, 5.41) is 24.3. The van der Waals surface area contributed by atoms with Gasteiger partial charge in [0.2, 0.25) is 0 Å². The van der Waals surface area contributed by atoms with E-state index in [0.717, 1.165) is 55.5 Å². The second kappa shape index (κ2) is 17.3. The van der Waals surface area contributed by atoms with Gasteiger partial charge < -0.3 is 34.2 Å². The summed E-state index contributed by atoms with van der Waals surface area (Å²) in [5.74, 6) is 1.39. The molecule has 1 saturated heterocycles. The molecule has 0 bridgehead atoms. The van der Waals surface area contributed by atoms with Crippen LogP contribution in [-0.2, 0) is 15.1 Å². The number of benzene rings is 3. The Morgan fingerprint density at radius 2 is 1.48 bits per heavy atom. The van der Waals surface area contributed by atoms with E-state index < -0.39 is 29.7 Å². The number of hydrogen-bond acceptors (Lipinski definition) is 8. The Kier molecular flexibility index (Phi) is 12.6. The molecule has 1 N–H and O–H groups in total. The van der Waals surface area contributed by atoms with Crippen molar-refractivity contribution in [2.45, 2.75) is 70.0 Å². The van der Waals surface area contributed by atoms with Crippen molar-refractivity contribution in [3.63, 3.8) is 0 Å². The highest BCUT2D eigenvalue weighted by Crippen LogP contribution is 2.42. The number of hydrogen-bond donors (Lipinski definition) is 1. The molecule has 0 saturated carbocycles. The van der Waals surface area contributed by atoms with Crippen LogP contribution in [-0.4, -0.2) is 67.0 Å². The van der Waals surface area contributed by atoms with Crippen molar-refractivity contribution in [2.75, 3.05) is 33.9 Å². The Hall–Kier alpha value is -4.71. The number of aliphatic imine (C=N–C) groups is 1. The molecule has 0 amide bonds. The van der Waals surface area contributed by atoms with E-state index in [2.05, 4.69) is 23.7 Å². The first-order valence-corrected chi connectivity index (χ1v) is 17.3. The second-order valence-electron chi connectivity index (χ2n) is 12.4. The van der Waals surface area contributed by atoms with Crippen molar-refractivity contribution in [1.82, 2.24) is 9.47 Å².